The van der Waals surface area contributed by atoms with Gasteiger partial charge in [-0.15, -0.1) is 0 Å². The Morgan fingerprint density at radius 2 is 1.71 bits per heavy atom. The highest BCUT2D eigenvalue weighted by atomic mass is 32.2. The predicted octanol–water partition coefficient (Wildman–Crippen LogP) is 2.65. The third-order valence-electron chi connectivity index (χ3n) is 4.04. The number of esters is 1. The maximum absolute atomic E-state index is 12.2. The largest absolute Gasteiger partial charge is 0.452 e. The van der Waals surface area contributed by atoms with Crippen LogP contribution in [0, 0.1) is 0 Å². The fraction of sp³-hybridized carbons (Fsp3) is 0.300. The van der Waals surface area contributed by atoms with E-state index in [1.807, 2.05) is 31.2 Å². The zero-order chi connectivity index (χ0) is 20.7. The summed E-state index contributed by atoms with van der Waals surface area (Å²) in [4.78, 5) is 24.3. The molecule has 0 saturated carbocycles. The molecule has 0 radical (unpaired) electrons. The average molecular weight is 404 g/mol. The molecule has 0 unspecified atom stereocenters. The zero-order valence-corrected chi connectivity index (χ0v) is 16.9. The molecule has 0 aliphatic rings. The van der Waals surface area contributed by atoms with E-state index in [0.717, 1.165) is 18.2 Å². The number of nitrogens with one attached hydrogen (secondary N) is 2. The molecule has 2 rings (SSSR count). The third-order valence-corrected chi connectivity index (χ3v) is 4.63. The number of carbonyl (C=O) groups is 2. The number of sulfonamides is 1. The van der Waals surface area contributed by atoms with Crippen LogP contribution in [0.5, 0.6) is 0 Å². The molecule has 0 saturated heterocycles. The molecule has 0 spiro atoms. The normalized spacial score (nSPS) is 12.1. The monoisotopic (exact) mass is 404 g/mol. The molecule has 0 heterocycles. The van der Waals surface area contributed by atoms with Crippen molar-refractivity contribution in [3.8, 4) is 0 Å². The molecule has 7 nitrogen and oxygen atoms in total. The second-order valence-electron chi connectivity index (χ2n) is 6.38. The second kappa shape index (κ2) is 9.36. The summed E-state index contributed by atoms with van der Waals surface area (Å²) in [6.07, 6.45) is 1.92. The van der Waals surface area contributed by atoms with Crippen LogP contribution in [-0.2, 0) is 26.0 Å². The Morgan fingerprint density at radius 3 is 2.32 bits per heavy atom. The molecule has 0 aliphatic heterocycles. The summed E-state index contributed by atoms with van der Waals surface area (Å²) in [5, 5.41) is 2.77. The number of amides is 1. The van der Waals surface area contributed by atoms with E-state index in [0.29, 0.717) is 0 Å². The first-order chi connectivity index (χ1) is 13.2. The first-order valence-corrected chi connectivity index (χ1v) is 10.7. The molecule has 0 aliphatic carbocycles. The minimum absolute atomic E-state index is 0.0314. The number of para-hydroxylation sites is 1. The van der Waals surface area contributed by atoms with Gasteiger partial charge in [-0.2, -0.15) is 0 Å². The van der Waals surface area contributed by atoms with E-state index < -0.39 is 28.5 Å². The number of rotatable bonds is 8. The van der Waals surface area contributed by atoms with Crippen molar-refractivity contribution in [3.05, 3.63) is 65.2 Å². The molecule has 1 atom stereocenters. The van der Waals surface area contributed by atoms with Gasteiger partial charge in [-0.1, -0.05) is 43.3 Å². The number of benzene rings is 2. The Kier molecular flexibility index (Phi) is 7.17. The Balaban J connectivity index is 1.94. The fourth-order valence-corrected chi connectivity index (χ4v) is 3.14. The van der Waals surface area contributed by atoms with Crippen LogP contribution < -0.4 is 10.0 Å². The fourth-order valence-electron chi connectivity index (χ4n) is 2.57. The van der Waals surface area contributed by atoms with Gasteiger partial charge in [0.2, 0.25) is 10.0 Å². The summed E-state index contributed by atoms with van der Waals surface area (Å²) >= 11 is 0. The van der Waals surface area contributed by atoms with E-state index in [1.165, 1.54) is 17.7 Å². The lowest BCUT2D eigenvalue weighted by atomic mass is 10.1. The van der Waals surface area contributed by atoms with E-state index >= 15 is 0 Å². The molecule has 0 fully saturated rings. The maximum Gasteiger partial charge on any atom is 0.340 e. The van der Waals surface area contributed by atoms with Crippen LogP contribution in [0.3, 0.4) is 0 Å². The zero-order valence-electron chi connectivity index (χ0n) is 16.1. The molecular formula is C20H24N2O5S. The lowest BCUT2D eigenvalue weighted by molar-refractivity contribution is -0.124. The number of hydrogen-bond acceptors (Lipinski definition) is 5. The van der Waals surface area contributed by atoms with Crippen LogP contribution in [0.25, 0.3) is 0 Å². The molecular weight excluding hydrogens is 380 g/mol. The lowest BCUT2D eigenvalue weighted by Gasteiger charge is -2.15. The highest BCUT2D eigenvalue weighted by Crippen LogP contribution is 2.17. The van der Waals surface area contributed by atoms with E-state index in [-0.39, 0.29) is 17.3 Å². The average Bonchev–Trinajstić information content (AvgIpc) is 2.65. The van der Waals surface area contributed by atoms with E-state index in [9.17, 15) is 18.0 Å². The quantitative estimate of drug-likeness (QED) is 0.659. The standard InChI is InChI=1S/C20H24N2O5S/c1-4-15-9-11-16(12-10-15)14(2)21-19(23)13-27-20(24)17-7-5-6-8-18(17)22-28(3,25)26/h5-12,14,22H,4,13H2,1-3H3,(H,21,23)/t14-/m0/s1. The number of aryl methyl sites for hydroxylation is 1. The van der Waals surface area contributed by atoms with Crippen molar-refractivity contribution in [2.75, 3.05) is 17.6 Å². The molecule has 0 aromatic heterocycles. The first-order valence-electron chi connectivity index (χ1n) is 8.81. The van der Waals surface area contributed by atoms with Gasteiger partial charge in [-0.25, -0.2) is 13.2 Å². The van der Waals surface area contributed by atoms with Crippen molar-refractivity contribution in [1.29, 1.82) is 0 Å². The van der Waals surface area contributed by atoms with Gasteiger partial charge in [0, 0.05) is 0 Å². The number of carbonyl (C=O) groups excluding carboxylic acids is 2. The molecule has 0 bridgehead atoms. The number of anilines is 1. The molecule has 8 heteroatoms. The Hall–Kier alpha value is -2.87. The molecule has 2 N–H and O–H groups in total. The highest BCUT2D eigenvalue weighted by molar-refractivity contribution is 7.92. The van der Waals surface area contributed by atoms with Gasteiger partial charge in [0.1, 0.15) is 0 Å². The SMILES string of the molecule is CCc1ccc([C@H](C)NC(=O)COC(=O)c2ccccc2NS(C)(=O)=O)cc1. The van der Waals surface area contributed by atoms with Crippen molar-refractivity contribution < 1.29 is 22.7 Å². The smallest absolute Gasteiger partial charge is 0.340 e. The van der Waals surface area contributed by atoms with Crippen LogP contribution in [0.2, 0.25) is 0 Å². The summed E-state index contributed by atoms with van der Waals surface area (Å²) < 4.78 is 30.1. The third kappa shape index (κ3) is 6.38. The summed E-state index contributed by atoms with van der Waals surface area (Å²) in [6, 6.07) is 13.7. The van der Waals surface area contributed by atoms with E-state index in [1.54, 1.807) is 12.1 Å². The van der Waals surface area contributed by atoms with Crippen molar-refractivity contribution in [2.24, 2.45) is 0 Å². The Bertz CT molecular complexity index is 939. The summed E-state index contributed by atoms with van der Waals surface area (Å²) in [5.74, 6) is -1.24. The van der Waals surface area contributed by atoms with Gasteiger partial charge in [-0.3, -0.25) is 9.52 Å². The molecule has 2 aromatic rings. The van der Waals surface area contributed by atoms with Crippen molar-refractivity contribution in [2.45, 2.75) is 26.3 Å². The Labute approximate surface area is 165 Å². The van der Waals surface area contributed by atoms with Gasteiger partial charge in [-0.05, 0) is 36.6 Å². The predicted molar refractivity (Wildman–Crippen MR) is 108 cm³/mol. The van der Waals surface area contributed by atoms with Crippen LogP contribution in [-0.4, -0.2) is 33.2 Å². The lowest BCUT2D eigenvalue weighted by Crippen LogP contribution is -2.31. The number of hydrogen-bond donors (Lipinski definition) is 2. The second-order valence-corrected chi connectivity index (χ2v) is 8.13. The first kappa shape index (κ1) is 21.4. The number of ether oxygens (including phenoxy) is 1. The van der Waals surface area contributed by atoms with Crippen molar-refractivity contribution >= 4 is 27.6 Å². The molecule has 28 heavy (non-hydrogen) atoms. The summed E-state index contributed by atoms with van der Waals surface area (Å²) in [6.45, 7) is 3.44. The molecule has 1 amide bonds. The highest BCUT2D eigenvalue weighted by Gasteiger charge is 2.17. The van der Waals surface area contributed by atoms with Gasteiger partial charge < -0.3 is 10.1 Å². The maximum atomic E-state index is 12.2. The summed E-state index contributed by atoms with van der Waals surface area (Å²) in [5.41, 5.74) is 2.28. The van der Waals surface area contributed by atoms with Gasteiger partial charge >= 0.3 is 5.97 Å². The molecule has 2 aromatic carbocycles. The van der Waals surface area contributed by atoms with Crippen LogP contribution in [0.15, 0.2) is 48.5 Å². The molecule has 150 valence electrons. The van der Waals surface area contributed by atoms with Crippen molar-refractivity contribution in [1.82, 2.24) is 5.32 Å². The van der Waals surface area contributed by atoms with Crippen LogP contribution in [0.4, 0.5) is 5.69 Å². The van der Waals surface area contributed by atoms with Gasteiger partial charge in [0.05, 0.1) is 23.5 Å². The van der Waals surface area contributed by atoms with Gasteiger partial charge in [0.25, 0.3) is 5.91 Å². The van der Waals surface area contributed by atoms with E-state index in [4.69, 9.17) is 4.74 Å². The topological polar surface area (TPSA) is 102 Å². The minimum atomic E-state index is -3.55. The van der Waals surface area contributed by atoms with Gasteiger partial charge in [0.15, 0.2) is 6.61 Å². The van der Waals surface area contributed by atoms with Crippen molar-refractivity contribution in [3.63, 3.8) is 0 Å². The summed E-state index contributed by atoms with van der Waals surface area (Å²) in [7, 11) is -3.55. The van der Waals surface area contributed by atoms with Crippen LogP contribution in [0.1, 0.15) is 41.4 Å². The van der Waals surface area contributed by atoms with E-state index in [2.05, 4.69) is 17.0 Å². The Morgan fingerprint density at radius 1 is 1.07 bits per heavy atom. The van der Waals surface area contributed by atoms with Crippen LogP contribution >= 0.6 is 0 Å². The minimum Gasteiger partial charge on any atom is -0.452 e.